The lowest BCUT2D eigenvalue weighted by atomic mass is 9.87. The minimum atomic E-state index is 0.167. The molecule has 1 aromatic rings. The lowest BCUT2D eigenvalue weighted by molar-refractivity contribution is 0.309. The van der Waals surface area contributed by atoms with Crippen molar-refractivity contribution in [1.29, 1.82) is 0 Å². The van der Waals surface area contributed by atoms with Gasteiger partial charge in [0.05, 0.1) is 5.51 Å². The van der Waals surface area contributed by atoms with Gasteiger partial charge < -0.3 is 11.1 Å². The second kappa shape index (κ2) is 4.87. The summed E-state index contributed by atoms with van der Waals surface area (Å²) in [4.78, 5) is 5.27. The molecule has 0 amide bonds. The molecule has 4 heteroatoms. The Morgan fingerprint density at radius 1 is 1.57 bits per heavy atom. The van der Waals surface area contributed by atoms with E-state index < -0.39 is 0 Å². The molecule has 80 valence electrons. The van der Waals surface area contributed by atoms with Crippen LogP contribution in [0.2, 0.25) is 0 Å². The van der Waals surface area contributed by atoms with Crippen LogP contribution in [0, 0.1) is 5.41 Å². The van der Waals surface area contributed by atoms with Crippen LogP contribution in [0.15, 0.2) is 11.7 Å². The van der Waals surface area contributed by atoms with E-state index in [0.29, 0.717) is 0 Å². The van der Waals surface area contributed by atoms with Crippen LogP contribution in [0.5, 0.6) is 0 Å². The molecule has 1 rings (SSSR count). The summed E-state index contributed by atoms with van der Waals surface area (Å²) in [6.07, 6.45) is 1.89. The SMILES string of the molecule is CC(C)(C)C(N)CNCc1cncs1. The van der Waals surface area contributed by atoms with Gasteiger partial charge in [-0.1, -0.05) is 20.8 Å². The molecule has 0 aliphatic carbocycles. The summed E-state index contributed by atoms with van der Waals surface area (Å²) in [5.41, 5.74) is 8.03. The number of nitrogens with two attached hydrogens (primary N) is 1. The zero-order valence-corrected chi connectivity index (χ0v) is 9.90. The first-order valence-electron chi connectivity index (χ1n) is 4.84. The van der Waals surface area contributed by atoms with Gasteiger partial charge in [-0.05, 0) is 5.41 Å². The van der Waals surface area contributed by atoms with E-state index in [2.05, 4.69) is 31.1 Å². The standard InChI is InChI=1S/C10H19N3S/c1-10(2,3)9(11)6-12-4-8-5-13-7-14-8/h5,7,9,12H,4,6,11H2,1-3H3. The molecule has 1 heterocycles. The van der Waals surface area contributed by atoms with E-state index in [1.54, 1.807) is 11.3 Å². The van der Waals surface area contributed by atoms with Crippen molar-refractivity contribution in [2.24, 2.45) is 11.1 Å². The van der Waals surface area contributed by atoms with Gasteiger partial charge >= 0.3 is 0 Å². The molecule has 0 spiro atoms. The maximum atomic E-state index is 6.02. The Morgan fingerprint density at radius 3 is 2.79 bits per heavy atom. The smallest absolute Gasteiger partial charge is 0.0794 e. The average molecular weight is 213 g/mol. The van der Waals surface area contributed by atoms with Gasteiger partial charge in [-0.2, -0.15) is 0 Å². The van der Waals surface area contributed by atoms with Gasteiger partial charge in [-0.3, -0.25) is 4.98 Å². The van der Waals surface area contributed by atoms with Crippen molar-refractivity contribution >= 4 is 11.3 Å². The first-order chi connectivity index (χ1) is 6.50. The topological polar surface area (TPSA) is 50.9 Å². The van der Waals surface area contributed by atoms with Crippen molar-refractivity contribution in [1.82, 2.24) is 10.3 Å². The van der Waals surface area contributed by atoms with Crippen LogP contribution in [0.4, 0.5) is 0 Å². The summed E-state index contributed by atoms with van der Waals surface area (Å²) in [5.74, 6) is 0. The minimum absolute atomic E-state index is 0.167. The summed E-state index contributed by atoms with van der Waals surface area (Å²) in [5, 5.41) is 3.34. The fourth-order valence-electron chi connectivity index (χ4n) is 0.986. The van der Waals surface area contributed by atoms with Crippen LogP contribution in [-0.4, -0.2) is 17.6 Å². The van der Waals surface area contributed by atoms with Crippen LogP contribution in [-0.2, 0) is 6.54 Å². The monoisotopic (exact) mass is 213 g/mol. The summed E-state index contributed by atoms with van der Waals surface area (Å²) in [6, 6.07) is 0.190. The summed E-state index contributed by atoms with van der Waals surface area (Å²) < 4.78 is 0. The average Bonchev–Trinajstić information content (AvgIpc) is 2.55. The highest BCUT2D eigenvalue weighted by Gasteiger charge is 2.19. The molecule has 14 heavy (non-hydrogen) atoms. The highest BCUT2D eigenvalue weighted by molar-refractivity contribution is 7.09. The Bertz CT molecular complexity index is 251. The zero-order valence-electron chi connectivity index (χ0n) is 9.08. The number of hydrogen-bond donors (Lipinski definition) is 2. The van der Waals surface area contributed by atoms with Gasteiger partial charge in [-0.15, -0.1) is 11.3 Å². The van der Waals surface area contributed by atoms with Crippen molar-refractivity contribution in [3.8, 4) is 0 Å². The molecule has 0 aliphatic rings. The van der Waals surface area contributed by atoms with Gasteiger partial charge in [0.25, 0.3) is 0 Å². The van der Waals surface area contributed by atoms with E-state index in [0.717, 1.165) is 13.1 Å². The molecule has 0 bridgehead atoms. The molecule has 0 fully saturated rings. The summed E-state index contributed by atoms with van der Waals surface area (Å²) >= 11 is 1.67. The van der Waals surface area contributed by atoms with Crippen molar-refractivity contribution in [2.75, 3.05) is 6.54 Å². The number of hydrogen-bond acceptors (Lipinski definition) is 4. The maximum Gasteiger partial charge on any atom is 0.0794 e. The van der Waals surface area contributed by atoms with E-state index >= 15 is 0 Å². The first-order valence-corrected chi connectivity index (χ1v) is 5.72. The largest absolute Gasteiger partial charge is 0.326 e. The van der Waals surface area contributed by atoms with Crippen molar-refractivity contribution in [3.63, 3.8) is 0 Å². The Balaban J connectivity index is 2.22. The molecule has 1 unspecified atom stereocenters. The fourth-order valence-corrected chi connectivity index (χ4v) is 1.55. The quantitative estimate of drug-likeness (QED) is 0.799. The number of nitrogens with zero attached hydrogens (tertiary/aromatic N) is 1. The summed E-state index contributed by atoms with van der Waals surface area (Å²) in [7, 11) is 0. The van der Waals surface area contributed by atoms with E-state index in [1.807, 2.05) is 11.7 Å². The van der Waals surface area contributed by atoms with Crippen LogP contribution in [0.3, 0.4) is 0 Å². The third-order valence-corrected chi connectivity index (χ3v) is 3.04. The first kappa shape index (κ1) is 11.6. The normalized spacial score (nSPS) is 14.3. The third-order valence-electron chi connectivity index (χ3n) is 2.26. The van der Waals surface area contributed by atoms with Crippen LogP contribution < -0.4 is 11.1 Å². The van der Waals surface area contributed by atoms with Gasteiger partial charge in [-0.25, -0.2) is 0 Å². The maximum absolute atomic E-state index is 6.02. The van der Waals surface area contributed by atoms with Gasteiger partial charge in [0.15, 0.2) is 0 Å². The Morgan fingerprint density at radius 2 is 2.29 bits per heavy atom. The number of thiazole rings is 1. The van der Waals surface area contributed by atoms with Crippen LogP contribution in [0.25, 0.3) is 0 Å². The van der Waals surface area contributed by atoms with Gasteiger partial charge in [0.2, 0.25) is 0 Å². The van der Waals surface area contributed by atoms with Crippen LogP contribution >= 0.6 is 11.3 Å². The second-order valence-corrected chi connectivity index (χ2v) is 5.54. The van der Waals surface area contributed by atoms with Crippen LogP contribution in [0.1, 0.15) is 25.6 Å². The van der Waals surface area contributed by atoms with E-state index in [9.17, 15) is 0 Å². The van der Waals surface area contributed by atoms with Gasteiger partial charge in [0.1, 0.15) is 0 Å². The molecule has 0 aromatic carbocycles. The molecule has 1 aromatic heterocycles. The molecule has 3 N–H and O–H groups in total. The molecule has 0 aliphatic heterocycles. The van der Waals surface area contributed by atoms with Crippen molar-refractivity contribution in [2.45, 2.75) is 33.4 Å². The molecular formula is C10H19N3S. The predicted molar refractivity (Wildman–Crippen MR) is 61.3 cm³/mol. The Labute approximate surface area is 89.7 Å². The molecule has 0 saturated carbocycles. The summed E-state index contributed by atoms with van der Waals surface area (Å²) in [6.45, 7) is 8.19. The Kier molecular flexibility index (Phi) is 4.04. The van der Waals surface area contributed by atoms with Crippen molar-refractivity contribution in [3.05, 3.63) is 16.6 Å². The number of rotatable bonds is 4. The molecule has 0 radical (unpaired) electrons. The number of aromatic nitrogens is 1. The lowest BCUT2D eigenvalue weighted by Crippen LogP contribution is -2.43. The third kappa shape index (κ3) is 3.74. The number of nitrogens with one attached hydrogen (secondary N) is 1. The molecule has 1 atom stereocenters. The van der Waals surface area contributed by atoms with Gasteiger partial charge in [0, 0.05) is 30.2 Å². The Hall–Kier alpha value is -0.450. The highest BCUT2D eigenvalue weighted by Crippen LogP contribution is 2.16. The molecule has 3 nitrogen and oxygen atoms in total. The van der Waals surface area contributed by atoms with E-state index in [4.69, 9.17) is 5.73 Å². The second-order valence-electron chi connectivity index (χ2n) is 4.57. The zero-order chi connectivity index (χ0) is 10.6. The fraction of sp³-hybridized carbons (Fsp3) is 0.700. The van der Waals surface area contributed by atoms with E-state index in [-0.39, 0.29) is 11.5 Å². The molecular weight excluding hydrogens is 194 g/mol. The minimum Gasteiger partial charge on any atom is -0.326 e. The molecule has 0 saturated heterocycles. The predicted octanol–water partition coefficient (Wildman–Crippen LogP) is 1.61. The van der Waals surface area contributed by atoms with E-state index in [1.165, 1.54) is 4.88 Å². The highest BCUT2D eigenvalue weighted by atomic mass is 32.1. The van der Waals surface area contributed by atoms with Crippen molar-refractivity contribution < 1.29 is 0 Å². The lowest BCUT2D eigenvalue weighted by Gasteiger charge is -2.27.